The fourth-order valence-electron chi connectivity index (χ4n) is 1.40. The predicted octanol–water partition coefficient (Wildman–Crippen LogP) is 1.78. The summed E-state index contributed by atoms with van der Waals surface area (Å²) in [5.74, 6) is 0. The van der Waals surface area contributed by atoms with E-state index in [2.05, 4.69) is 20.8 Å². The van der Waals surface area contributed by atoms with Gasteiger partial charge in [0.2, 0.25) is 0 Å². The van der Waals surface area contributed by atoms with Crippen LogP contribution in [0, 0.1) is 5.41 Å². The summed E-state index contributed by atoms with van der Waals surface area (Å²) in [4.78, 5) is 10.4. The smallest absolute Gasteiger partial charge is 0.148 e. The lowest BCUT2D eigenvalue weighted by atomic mass is 9.87. The second-order valence-electron chi connectivity index (χ2n) is 4.24. The number of aldehydes is 1. The van der Waals surface area contributed by atoms with Gasteiger partial charge >= 0.3 is 0 Å². The zero-order valence-corrected chi connectivity index (χ0v) is 7.46. The van der Waals surface area contributed by atoms with E-state index in [0.29, 0.717) is 0 Å². The van der Waals surface area contributed by atoms with Crippen molar-refractivity contribution in [2.45, 2.75) is 45.8 Å². The zero-order valence-electron chi connectivity index (χ0n) is 7.46. The minimum Gasteiger partial charge on any atom is -0.367 e. The Morgan fingerprint density at radius 1 is 1.36 bits per heavy atom. The van der Waals surface area contributed by atoms with Gasteiger partial charge in [-0.2, -0.15) is 0 Å². The van der Waals surface area contributed by atoms with Gasteiger partial charge in [-0.15, -0.1) is 0 Å². The van der Waals surface area contributed by atoms with Crippen LogP contribution in [0.5, 0.6) is 0 Å². The summed E-state index contributed by atoms with van der Waals surface area (Å²) in [5, 5.41) is 0. The summed E-state index contributed by atoms with van der Waals surface area (Å²) in [7, 11) is 0. The van der Waals surface area contributed by atoms with Gasteiger partial charge in [-0.3, -0.25) is 0 Å². The van der Waals surface area contributed by atoms with Crippen LogP contribution in [0.15, 0.2) is 0 Å². The van der Waals surface area contributed by atoms with E-state index in [-0.39, 0.29) is 17.6 Å². The molecule has 0 amide bonds. The van der Waals surface area contributed by atoms with Gasteiger partial charge in [-0.1, -0.05) is 20.8 Å². The van der Waals surface area contributed by atoms with Crippen molar-refractivity contribution in [2.24, 2.45) is 5.41 Å². The molecule has 0 N–H and O–H groups in total. The van der Waals surface area contributed by atoms with Crippen molar-refractivity contribution in [3.63, 3.8) is 0 Å². The van der Waals surface area contributed by atoms with E-state index < -0.39 is 0 Å². The van der Waals surface area contributed by atoms with Gasteiger partial charge in [-0.05, 0) is 18.3 Å². The lowest BCUT2D eigenvalue weighted by molar-refractivity contribution is -0.119. The Balaban J connectivity index is 2.48. The van der Waals surface area contributed by atoms with Gasteiger partial charge in [-0.25, -0.2) is 0 Å². The molecule has 0 aliphatic carbocycles. The van der Waals surface area contributed by atoms with Gasteiger partial charge < -0.3 is 9.53 Å². The van der Waals surface area contributed by atoms with E-state index in [1.54, 1.807) is 0 Å². The molecule has 1 saturated heterocycles. The van der Waals surface area contributed by atoms with Crippen LogP contribution < -0.4 is 0 Å². The van der Waals surface area contributed by atoms with E-state index in [0.717, 1.165) is 19.1 Å². The molecule has 0 bridgehead atoms. The molecule has 0 aromatic rings. The first-order valence-corrected chi connectivity index (χ1v) is 4.15. The standard InChI is InChI=1S/C9H16O2/c1-9(2,3)8-5-4-7(6-10)11-8/h6-8H,4-5H2,1-3H3. The molecule has 1 aliphatic rings. The summed E-state index contributed by atoms with van der Waals surface area (Å²) >= 11 is 0. The first kappa shape index (κ1) is 8.72. The summed E-state index contributed by atoms with van der Waals surface area (Å²) < 4.78 is 5.51. The summed E-state index contributed by atoms with van der Waals surface area (Å²) in [6, 6.07) is 0. The third-order valence-electron chi connectivity index (χ3n) is 2.17. The molecule has 1 rings (SSSR count). The van der Waals surface area contributed by atoms with Crippen LogP contribution >= 0.6 is 0 Å². The lowest BCUT2D eigenvalue weighted by Crippen LogP contribution is -2.26. The number of ether oxygens (including phenoxy) is 1. The normalized spacial score (nSPS) is 32.3. The Morgan fingerprint density at radius 2 is 2.00 bits per heavy atom. The third-order valence-corrected chi connectivity index (χ3v) is 2.17. The predicted molar refractivity (Wildman–Crippen MR) is 43.4 cm³/mol. The molecule has 1 aliphatic heterocycles. The van der Waals surface area contributed by atoms with Crippen LogP contribution in [0.3, 0.4) is 0 Å². The molecule has 0 spiro atoms. The highest BCUT2D eigenvalue weighted by atomic mass is 16.5. The molecule has 0 aromatic carbocycles. The zero-order chi connectivity index (χ0) is 8.48. The number of hydrogen-bond acceptors (Lipinski definition) is 2. The van der Waals surface area contributed by atoms with Crippen LogP contribution in [0.4, 0.5) is 0 Å². The second-order valence-corrected chi connectivity index (χ2v) is 4.24. The van der Waals surface area contributed by atoms with Crippen molar-refractivity contribution < 1.29 is 9.53 Å². The molecule has 1 fully saturated rings. The van der Waals surface area contributed by atoms with Gasteiger partial charge in [0.25, 0.3) is 0 Å². The molecule has 2 unspecified atom stereocenters. The minimum atomic E-state index is -0.140. The largest absolute Gasteiger partial charge is 0.367 e. The van der Waals surface area contributed by atoms with Crippen molar-refractivity contribution in [3.05, 3.63) is 0 Å². The van der Waals surface area contributed by atoms with Crippen molar-refractivity contribution in [3.8, 4) is 0 Å². The molecule has 0 saturated carbocycles. The molecule has 11 heavy (non-hydrogen) atoms. The molecule has 2 heteroatoms. The highest BCUT2D eigenvalue weighted by molar-refractivity contribution is 5.56. The van der Waals surface area contributed by atoms with Gasteiger partial charge in [0.15, 0.2) is 0 Å². The average molecular weight is 156 g/mol. The van der Waals surface area contributed by atoms with E-state index in [1.807, 2.05) is 0 Å². The van der Waals surface area contributed by atoms with E-state index in [1.165, 1.54) is 0 Å². The van der Waals surface area contributed by atoms with Crippen LogP contribution in [0.2, 0.25) is 0 Å². The monoisotopic (exact) mass is 156 g/mol. The van der Waals surface area contributed by atoms with E-state index >= 15 is 0 Å². The molecular weight excluding hydrogens is 140 g/mol. The van der Waals surface area contributed by atoms with Gasteiger partial charge in [0.05, 0.1) is 6.10 Å². The molecule has 2 nitrogen and oxygen atoms in total. The van der Waals surface area contributed by atoms with Crippen LogP contribution in [0.1, 0.15) is 33.6 Å². The Morgan fingerprint density at radius 3 is 2.27 bits per heavy atom. The Bertz CT molecular complexity index is 146. The van der Waals surface area contributed by atoms with Gasteiger partial charge in [0.1, 0.15) is 12.4 Å². The Kier molecular flexibility index (Phi) is 2.33. The SMILES string of the molecule is CC(C)(C)C1CCC(C=O)O1. The van der Waals surface area contributed by atoms with Gasteiger partial charge in [0, 0.05) is 0 Å². The molecule has 1 heterocycles. The van der Waals surface area contributed by atoms with E-state index in [4.69, 9.17) is 4.74 Å². The molecule has 0 radical (unpaired) electrons. The first-order chi connectivity index (χ1) is 5.04. The summed E-state index contributed by atoms with van der Waals surface area (Å²) in [6.45, 7) is 6.43. The fraction of sp³-hybridized carbons (Fsp3) is 0.889. The van der Waals surface area contributed by atoms with Crippen molar-refractivity contribution in [1.29, 1.82) is 0 Å². The first-order valence-electron chi connectivity index (χ1n) is 4.15. The van der Waals surface area contributed by atoms with Crippen molar-refractivity contribution in [2.75, 3.05) is 0 Å². The lowest BCUT2D eigenvalue weighted by Gasteiger charge is -2.26. The van der Waals surface area contributed by atoms with Crippen LogP contribution in [-0.4, -0.2) is 18.5 Å². The Hall–Kier alpha value is -0.370. The van der Waals surface area contributed by atoms with Crippen molar-refractivity contribution in [1.82, 2.24) is 0 Å². The second kappa shape index (κ2) is 2.94. The summed E-state index contributed by atoms with van der Waals surface area (Å²) in [5.41, 5.74) is 0.178. The van der Waals surface area contributed by atoms with Crippen LogP contribution in [-0.2, 0) is 9.53 Å². The number of rotatable bonds is 1. The fourth-order valence-corrected chi connectivity index (χ4v) is 1.40. The number of carbonyl (C=O) groups excluding carboxylic acids is 1. The van der Waals surface area contributed by atoms with Crippen LogP contribution in [0.25, 0.3) is 0 Å². The number of carbonyl (C=O) groups is 1. The number of hydrogen-bond donors (Lipinski definition) is 0. The van der Waals surface area contributed by atoms with Crippen molar-refractivity contribution >= 4 is 6.29 Å². The maximum Gasteiger partial charge on any atom is 0.148 e. The maximum absolute atomic E-state index is 10.4. The molecule has 64 valence electrons. The summed E-state index contributed by atoms with van der Waals surface area (Å²) in [6.07, 6.45) is 2.95. The average Bonchev–Trinajstić information content (AvgIpc) is 2.32. The Labute approximate surface area is 67.9 Å². The third kappa shape index (κ3) is 2.03. The highest BCUT2D eigenvalue weighted by Crippen LogP contribution is 2.32. The molecule has 0 aromatic heterocycles. The maximum atomic E-state index is 10.4. The minimum absolute atomic E-state index is 0.140. The van der Waals surface area contributed by atoms with E-state index in [9.17, 15) is 4.79 Å². The highest BCUT2D eigenvalue weighted by Gasteiger charge is 2.33. The topological polar surface area (TPSA) is 26.3 Å². The quantitative estimate of drug-likeness (QED) is 0.541. The molecule has 2 atom stereocenters. The molecular formula is C9H16O2.